The summed E-state index contributed by atoms with van der Waals surface area (Å²) in [6.07, 6.45) is -0.936. The molecule has 0 N–H and O–H groups in total. The summed E-state index contributed by atoms with van der Waals surface area (Å²) in [4.78, 5) is 26.6. The molecule has 1 amide bonds. The number of carbonyl (C=O) groups is 2. The van der Waals surface area contributed by atoms with Crippen LogP contribution in [0.15, 0.2) is 59.1 Å². The van der Waals surface area contributed by atoms with E-state index in [1.807, 2.05) is 44.2 Å². The van der Waals surface area contributed by atoms with Crippen molar-refractivity contribution in [1.29, 1.82) is 0 Å². The molecule has 0 aliphatic carbocycles. The van der Waals surface area contributed by atoms with Crippen LogP contribution in [0.5, 0.6) is 5.75 Å². The van der Waals surface area contributed by atoms with Gasteiger partial charge in [0.15, 0.2) is 6.10 Å². The second-order valence-electron chi connectivity index (χ2n) is 6.90. The van der Waals surface area contributed by atoms with Crippen LogP contribution in [0.25, 0.3) is 0 Å². The van der Waals surface area contributed by atoms with Gasteiger partial charge in [0.1, 0.15) is 18.1 Å². The molecule has 1 aromatic heterocycles. The molecule has 3 aromatic rings. The first-order valence-electron chi connectivity index (χ1n) is 9.55. The molecule has 7 heteroatoms. The summed E-state index contributed by atoms with van der Waals surface area (Å²) >= 11 is 0. The van der Waals surface area contributed by atoms with Gasteiger partial charge in [-0.05, 0) is 51.1 Å². The molecule has 2 aromatic carbocycles. The number of aryl methyl sites for hydroxylation is 2. The van der Waals surface area contributed by atoms with Crippen molar-refractivity contribution in [1.82, 2.24) is 5.16 Å². The van der Waals surface area contributed by atoms with Gasteiger partial charge < -0.3 is 18.9 Å². The summed E-state index contributed by atoms with van der Waals surface area (Å²) in [7, 11) is 1.64. The molecule has 0 bridgehead atoms. The number of aromatic nitrogens is 1. The SMILES string of the molecule is Cc1noc(C)c1COc1cccc(C(=O)OC(C)C(=O)N(C)c2ccccc2)c1. The number of carbonyl (C=O) groups excluding carboxylic acids is 2. The minimum atomic E-state index is -0.936. The average molecular weight is 408 g/mol. The lowest BCUT2D eigenvalue weighted by Crippen LogP contribution is -2.37. The average Bonchev–Trinajstić information content (AvgIpc) is 3.09. The number of esters is 1. The Labute approximate surface area is 175 Å². The molecule has 3 rings (SSSR count). The van der Waals surface area contributed by atoms with Crippen LogP contribution in [-0.2, 0) is 16.1 Å². The zero-order chi connectivity index (χ0) is 21.7. The van der Waals surface area contributed by atoms with E-state index in [1.165, 1.54) is 4.90 Å². The lowest BCUT2D eigenvalue weighted by atomic mass is 10.2. The van der Waals surface area contributed by atoms with E-state index < -0.39 is 12.1 Å². The summed E-state index contributed by atoms with van der Waals surface area (Å²) in [6, 6.07) is 15.8. The summed E-state index contributed by atoms with van der Waals surface area (Å²) in [5, 5.41) is 3.89. The first-order valence-corrected chi connectivity index (χ1v) is 9.55. The van der Waals surface area contributed by atoms with E-state index in [9.17, 15) is 9.59 Å². The van der Waals surface area contributed by atoms with E-state index in [0.29, 0.717) is 17.1 Å². The zero-order valence-electron chi connectivity index (χ0n) is 17.4. The van der Waals surface area contributed by atoms with E-state index in [-0.39, 0.29) is 12.5 Å². The van der Waals surface area contributed by atoms with E-state index in [4.69, 9.17) is 14.0 Å². The van der Waals surface area contributed by atoms with Gasteiger partial charge in [0.2, 0.25) is 0 Å². The Bertz CT molecular complexity index is 1010. The van der Waals surface area contributed by atoms with Crippen molar-refractivity contribution in [2.75, 3.05) is 11.9 Å². The van der Waals surface area contributed by atoms with Crippen LogP contribution in [0, 0.1) is 13.8 Å². The maximum Gasteiger partial charge on any atom is 0.339 e. The molecule has 0 saturated carbocycles. The zero-order valence-corrected chi connectivity index (χ0v) is 17.4. The van der Waals surface area contributed by atoms with Gasteiger partial charge in [-0.1, -0.05) is 29.4 Å². The Kier molecular flexibility index (Phi) is 6.51. The molecular weight excluding hydrogens is 384 g/mol. The first-order chi connectivity index (χ1) is 14.4. The smallest absolute Gasteiger partial charge is 0.339 e. The van der Waals surface area contributed by atoms with Gasteiger partial charge in [-0.3, -0.25) is 4.79 Å². The summed E-state index contributed by atoms with van der Waals surface area (Å²) in [6.45, 7) is 5.49. The van der Waals surface area contributed by atoms with Crippen LogP contribution in [0.3, 0.4) is 0 Å². The number of nitrogens with zero attached hydrogens (tertiary/aromatic N) is 2. The Balaban J connectivity index is 1.62. The number of rotatable bonds is 7. The standard InChI is InChI=1S/C23H24N2O5/c1-15-21(16(2)30-24-15)14-28-20-12-8-9-18(13-20)23(27)29-17(3)22(26)25(4)19-10-6-5-7-11-19/h5-13,17H,14H2,1-4H3. The van der Waals surface area contributed by atoms with Crippen molar-refractivity contribution in [3.63, 3.8) is 0 Å². The Morgan fingerprint density at radius 2 is 1.83 bits per heavy atom. The normalized spacial score (nSPS) is 11.6. The Morgan fingerprint density at radius 1 is 1.10 bits per heavy atom. The van der Waals surface area contributed by atoms with E-state index >= 15 is 0 Å². The number of hydrogen-bond donors (Lipinski definition) is 0. The number of likely N-dealkylation sites (N-methyl/N-ethyl adjacent to an activating group) is 1. The van der Waals surface area contributed by atoms with Crippen molar-refractivity contribution in [2.24, 2.45) is 0 Å². The maximum absolute atomic E-state index is 12.6. The number of ether oxygens (including phenoxy) is 2. The molecule has 0 radical (unpaired) electrons. The quantitative estimate of drug-likeness (QED) is 0.548. The number of benzene rings is 2. The fourth-order valence-corrected chi connectivity index (χ4v) is 2.91. The molecule has 1 atom stereocenters. The van der Waals surface area contributed by atoms with E-state index in [2.05, 4.69) is 5.16 Å². The van der Waals surface area contributed by atoms with Crippen LogP contribution in [0.2, 0.25) is 0 Å². The fraction of sp³-hybridized carbons (Fsp3) is 0.261. The van der Waals surface area contributed by atoms with Gasteiger partial charge in [0.25, 0.3) is 5.91 Å². The molecular formula is C23H24N2O5. The minimum absolute atomic E-state index is 0.274. The molecule has 156 valence electrons. The minimum Gasteiger partial charge on any atom is -0.489 e. The lowest BCUT2D eigenvalue weighted by Gasteiger charge is -2.21. The lowest BCUT2D eigenvalue weighted by molar-refractivity contribution is -0.126. The van der Waals surface area contributed by atoms with E-state index in [1.54, 1.807) is 38.2 Å². The highest BCUT2D eigenvalue weighted by Crippen LogP contribution is 2.20. The molecule has 0 fully saturated rings. The fourth-order valence-electron chi connectivity index (χ4n) is 2.91. The molecule has 1 unspecified atom stereocenters. The first kappa shape index (κ1) is 21.1. The van der Waals surface area contributed by atoms with Gasteiger partial charge in [-0.2, -0.15) is 0 Å². The number of amides is 1. The van der Waals surface area contributed by atoms with Crippen LogP contribution < -0.4 is 9.64 Å². The van der Waals surface area contributed by atoms with Gasteiger partial charge in [-0.25, -0.2) is 4.79 Å². The summed E-state index contributed by atoms with van der Waals surface area (Å²) in [5.41, 5.74) is 2.65. The Morgan fingerprint density at radius 3 is 2.50 bits per heavy atom. The van der Waals surface area contributed by atoms with Crippen LogP contribution >= 0.6 is 0 Å². The molecule has 0 saturated heterocycles. The molecule has 0 aliphatic rings. The molecule has 0 aliphatic heterocycles. The van der Waals surface area contributed by atoms with E-state index in [0.717, 1.165) is 16.9 Å². The molecule has 30 heavy (non-hydrogen) atoms. The monoisotopic (exact) mass is 408 g/mol. The molecule has 1 heterocycles. The maximum atomic E-state index is 12.6. The summed E-state index contributed by atoms with van der Waals surface area (Å²) in [5.74, 6) is 0.281. The highest BCUT2D eigenvalue weighted by Gasteiger charge is 2.23. The van der Waals surface area contributed by atoms with Gasteiger partial charge >= 0.3 is 5.97 Å². The highest BCUT2D eigenvalue weighted by atomic mass is 16.5. The topological polar surface area (TPSA) is 81.9 Å². The molecule has 7 nitrogen and oxygen atoms in total. The van der Waals surface area contributed by atoms with Crippen molar-refractivity contribution in [3.8, 4) is 5.75 Å². The largest absolute Gasteiger partial charge is 0.489 e. The second-order valence-corrected chi connectivity index (χ2v) is 6.90. The summed E-state index contributed by atoms with van der Waals surface area (Å²) < 4.78 is 16.3. The van der Waals surface area contributed by atoms with Crippen molar-refractivity contribution < 1.29 is 23.6 Å². The number of hydrogen-bond acceptors (Lipinski definition) is 6. The number of anilines is 1. The number of para-hydroxylation sites is 1. The van der Waals surface area contributed by atoms with Crippen LogP contribution in [0.1, 0.15) is 34.3 Å². The van der Waals surface area contributed by atoms with Crippen molar-refractivity contribution in [3.05, 3.63) is 77.2 Å². The van der Waals surface area contributed by atoms with Gasteiger partial charge in [-0.15, -0.1) is 0 Å². The third-order valence-electron chi connectivity index (χ3n) is 4.74. The highest BCUT2D eigenvalue weighted by molar-refractivity contribution is 5.98. The van der Waals surface area contributed by atoms with Crippen molar-refractivity contribution in [2.45, 2.75) is 33.5 Å². The predicted molar refractivity (Wildman–Crippen MR) is 111 cm³/mol. The van der Waals surface area contributed by atoms with Crippen molar-refractivity contribution >= 4 is 17.6 Å². The van der Waals surface area contributed by atoms with Gasteiger partial charge in [0, 0.05) is 12.7 Å². The molecule has 0 spiro atoms. The van der Waals surface area contributed by atoms with Gasteiger partial charge in [0.05, 0.1) is 16.8 Å². The Hall–Kier alpha value is -3.61. The third kappa shape index (κ3) is 4.86. The predicted octanol–water partition coefficient (Wildman–Crippen LogP) is 4.08. The van der Waals surface area contributed by atoms with Crippen LogP contribution in [-0.4, -0.2) is 30.2 Å². The third-order valence-corrected chi connectivity index (χ3v) is 4.74. The van der Waals surface area contributed by atoms with Crippen LogP contribution in [0.4, 0.5) is 5.69 Å². The second kappa shape index (κ2) is 9.26.